The summed E-state index contributed by atoms with van der Waals surface area (Å²) < 4.78 is 10.7. The number of rotatable bonds is 8. The van der Waals surface area contributed by atoms with Gasteiger partial charge in [-0.1, -0.05) is 30.3 Å². The van der Waals surface area contributed by atoms with Crippen LogP contribution in [0.3, 0.4) is 0 Å². The van der Waals surface area contributed by atoms with Gasteiger partial charge in [-0.2, -0.15) is 0 Å². The van der Waals surface area contributed by atoms with Crippen LogP contribution in [0.1, 0.15) is 39.4 Å². The maximum absolute atomic E-state index is 11.6. The molecule has 1 rings (SSSR count). The Morgan fingerprint density at radius 2 is 1.77 bits per heavy atom. The minimum absolute atomic E-state index is 0.105. The van der Waals surface area contributed by atoms with E-state index in [4.69, 9.17) is 9.47 Å². The van der Waals surface area contributed by atoms with Crippen LogP contribution in [0.15, 0.2) is 35.3 Å². The number of carbonyl (C=O) groups excluding carboxylic acids is 1. The lowest BCUT2D eigenvalue weighted by Gasteiger charge is -2.20. The molecule has 0 aliphatic rings. The van der Waals surface area contributed by atoms with Crippen molar-refractivity contribution in [1.29, 1.82) is 0 Å². The van der Waals surface area contributed by atoms with Crippen LogP contribution in [0.5, 0.6) is 0 Å². The SMILES string of the molecule is CCNC(=NCC(OC)c1ccccc1)NCCNC(=O)OC(C)(C)C. The molecule has 0 saturated heterocycles. The predicted molar refractivity (Wildman–Crippen MR) is 104 cm³/mol. The second kappa shape index (κ2) is 11.4. The van der Waals surface area contributed by atoms with E-state index in [0.717, 1.165) is 12.1 Å². The first-order valence-electron chi connectivity index (χ1n) is 8.92. The van der Waals surface area contributed by atoms with Gasteiger partial charge in [0.2, 0.25) is 0 Å². The lowest BCUT2D eigenvalue weighted by molar-refractivity contribution is 0.0529. The molecule has 26 heavy (non-hydrogen) atoms. The number of hydrogen-bond donors (Lipinski definition) is 3. The topological polar surface area (TPSA) is 84.0 Å². The van der Waals surface area contributed by atoms with E-state index in [-0.39, 0.29) is 6.10 Å². The van der Waals surface area contributed by atoms with Crippen LogP contribution >= 0.6 is 0 Å². The molecule has 0 aliphatic heterocycles. The Labute approximate surface area is 156 Å². The number of nitrogens with one attached hydrogen (secondary N) is 3. The van der Waals surface area contributed by atoms with E-state index in [1.54, 1.807) is 7.11 Å². The van der Waals surface area contributed by atoms with Gasteiger partial charge in [0.25, 0.3) is 0 Å². The van der Waals surface area contributed by atoms with Crippen LogP contribution in [0, 0.1) is 0 Å². The Morgan fingerprint density at radius 1 is 1.12 bits per heavy atom. The van der Waals surface area contributed by atoms with Gasteiger partial charge in [0.05, 0.1) is 6.54 Å². The second-order valence-electron chi connectivity index (χ2n) is 6.71. The zero-order valence-corrected chi connectivity index (χ0v) is 16.5. The predicted octanol–water partition coefficient (Wildman–Crippen LogP) is 2.45. The molecule has 0 saturated carbocycles. The van der Waals surface area contributed by atoms with Crippen LogP contribution in [-0.4, -0.2) is 50.9 Å². The summed E-state index contributed by atoms with van der Waals surface area (Å²) in [4.78, 5) is 16.2. The zero-order chi connectivity index (χ0) is 19.4. The second-order valence-corrected chi connectivity index (χ2v) is 6.71. The number of ether oxygens (including phenoxy) is 2. The minimum atomic E-state index is -0.500. The molecular formula is C19H32N4O3. The third-order valence-electron chi connectivity index (χ3n) is 3.30. The fraction of sp³-hybridized carbons (Fsp3) is 0.579. The molecule has 0 spiro atoms. The maximum atomic E-state index is 11.6. The number of nitrogens with zero attached hydrogens (tertiary/aromatic N) is 1. The molecule has 146 valence electrons. The molecule has 0 aliphatic carbocycles. The molecule has 1 unspecified atom stereocenters. The number of guanidine groups is 1. The number of alkyl carbamates (subject to hydrolysis) is 1. The quantitative estimate of drug-likeness (QED) is 0.375. The van der Waals surface area contributed by atoms with Gasteiger partial charge < -0.3 is 25.4 Å². The van der Waals surface area contributed by atoms with E-state index >= 15 is 0 Å². The summed E-state index contributed by atoms with van der Waals surface area (Å²) >= 11 is 0. The van der Waals surface area contributed by atoms with E-state index in [1.165, 1.54) is 0 Å². The van der Waals surface area contributed by atoms with Crippen molar-refractivity contribution in [1.82, 2.24) is 16.0 Å². The summed E-state index contributed by atoms with van der Waals surface area (Å²) in [6.45, 7) is 9.71. The van der Waals surface area contributed by atoms with Crippen LogP contribution in [0.4, 0.5) is 4.79 Å². The minimum Gasteiger partial charge on any atom is -0.444 e. The molecule has 0 heterocycles. The van der Waals surface area contributed by atoms with Gasteiger partial charge >= 0.3 is 6.09 Å². The molecule has 0 aromatic heterocycles. The highest BCUT2D eigenvalue weighted by atomic mass is 16.6. The zero-order valence-electron chi connectivity index (χ0n) is 16.5. The molecule has 1 aromatic carbocycles. The summed E-state index contributed by atoms with van der Waals surface area (Å²) in [5.74, 6) is 0.677. The van der Waals surface area contributed by atoms with E-state index in [1.807, 2.05) is 58.0 Å². The largest absolute Gasteiger partial charge is 0.444 e. The molecular weight excluding hydrogens is 332 g/mol. The monoisotopic (exact) mass is 364 g/mol. The van der Waals surface area contributed by atoms with Crippen molar-refractivity contribution in [2.75, 3.05) is 33.3 Å². The molecule has 1 aromatic rings. The van der Waals surface area contributed by atoms with Crippen LogP contribution < -0.4 is 16.0 Å². The third-order valence-corrected chi connectivity index (χ3v) is 3.30. The van der Waals surface area contributed by atoms with E-state index in [2.05, 4.69) is 20.9 Å². The standard InChI is InChI=1S/C19H32N4O3/c1-6-20-17(21-12-13-22-18(24)26-19(2,3)4)23-14-16(25-5)15-10-8-7-9-11-15/h7-11,16H,6,12-14H2,1-5H3,(H,22,24)(H2,20,21,23). The molecule has 1 atom stereocenters. The van der Waals surface area contributed by atoms with Gasteiger partial charge in [-0.25, -0.2) is 4.79 Å². The van der Waals surface area contributed by atoms with Crippen molar-refractivity contribution in [3.8, 4) is 0 Å². The number of methoxy groups -OCH3 is 1. The Kier molecular flexibility index (Phi) is 9.51. The molecule has 7 heteroatoms. The maximum Gasteiger partial charge on any atom is 0.407 e. The first kappa shape index (κ1) is 21.8. The van der Waals surface area contributed by atoms with Crippen LogP contribution in [0.25, 0.3) is 0 Å². The first-order chi connectivity index (χ1) is 12.4. The number of benzene rings is 1. The Morgan fingerprint density at radius 3 is 2.35 bits per heavy atom. The van der Waals surface area contributed by atoms with Crippen molar-refractivity contribution in [2.24, 2.45) is 4.99 Å². The summed E-state index contributed by atoms with van der Waals surface area (Å²) in [5, 5.41) is 9.07. The number of hydrogen-bond acceptors (Lipinski definition) is 4. The molecule has 0 fully saturated rings. The average molecular weight is 364 g/mol. The van der Waals surface area contributed by atoms with E-state index in [0.29, 0.717) is 25.6 Å². The summed E-state index contributed by atoms with van der Waals surface area (Å²) in [6.07, 6.45) is -0.531. The van der Waals surface area contributed by atoms with Crippen molar-refractivity contribution >= 4 is 12.1 Å². The third kappa shape index (κ3) is 9.27. The van der Waals surface area contributed by atoms with Crippen LogP contribution in [-0.2, 0) is 9.47 Å². The van der Waals surface area contributed by atoms with Gasteiger partial charge in [-0.3, -0.25) is 4.99 Å². The molecule has 1 amide bonds. The lowest BCUT2D eigenvalue weighted by atomic mass is 10.1. The van der Waals surface area contributed by atoms with E-state index < -0.39 is 11.7 Å². The Bertz CT molecular complexity index is 556. The van der Waals surface area contributed by atoms with Gasteiger partial charge in [-0.05, 0) is 33.3 Å². The number of amides is 1. The van der Waals surface area contributed by atoms with Crippen molar-refractivity contribution in [2.45, 2.75) is 39.4 Å². The van der Waals surface area contributed by atoms with Crippen molar-refractivity contribution in [3.05, 3.63) is 35.9 Å². The summed E-state index contributed by atoms with van der Waals surface area (Å²) in [7, 11) is 1.68. The fourth-order valence-corrected chi connectivity index (χ4v) is 2.16. The Hall–Kier alpha value is -2.28. The summed E-state index contributed by atoms with van der Waals surface area (Å²) in [5.41, 5.74) is 0.585. The molecule has 7 nitrogen and oxygen atoms in total. The Balaban J connectivity index is 2.47. The van der Waals surface area contributed by atoms with Crippen molar-refractivity contribution < 1.29 is 14.3 Å². The van der Waals surface area contributed by atoms with Gasteiger partial charge in [-0.15, -0.1) is 0 Å². The molecule has 0 radical (unpaired) electrons. The average Bonchev–Trinajstić information content (AvgIpc) is 2.58. The van der Waals surface area contributed by atoms with Gasteiger partial charge in [0.1, 0.15) is 11.7 Å². The van der Waals surface area contributed by atoms with E-state index in [9.17, 15) is 4.79 Å². The number of aliphatic imine (C=N–C) groups is 1. The molecule has 0 bridgehead atoms. The fourth-order valence-electron chi connectivity index (χ4n) is 2.16. The van der Waals surface area contributed by atoms with Crippen LogP contribution in [0.2, 0.25) is 0 Å². The first-order valence-corrected chi connectivity index (χ1v) is 8.92. The van der Waals surface area contributed by atoms with Gasteiger partial charge in [0.15, 0.2) is 5.96 Å². The summed E-state index contributed by atoms with van der Waals surface area (Å²) in [6, 6.07) is 9.99. The number of carbonyl (C=O) groups is 1. The smallest absolute Gasteiger partial charge is 0.407 e. The highest BCUT2D eigenvalue weighted by Crippen LogP contribution is 2.16. The lowest BCUT2D eigenvalue weighted by Crippen LogP contribution is -2.42. The normalized spacial score (nSPS) is 13.0. The van der Waals surface area contributed by atoms with Gasteiger partial charge in [0, 0.05) is 26.7 Å². The van der Waals surface area contributed by atoms with Crippen molar-refractivity contribution in [3.63, 3.8) is 0 Å². The highest BCUT2D eigenvalue weighted by molar-refractivity contribution is 5.79. The highest BCUT2D eigenvalue weighted by Gasteiger charge is 2.15. The molecule has 3 N–H and O–H groups in total.